The molecule has 1 aromatic carbocycles. The Morgan fingerprint density at radius 3 is 2.90 bits per heavy atom. The zero-order valence-electron chi connectivity index (χ0n) is 12.7. The van der Waals surface area contributed by atoms with Crippen molar-refractivity contribution in [3.63, 3.8) is 0 Å². The third-order valence-corrected chi connectivity index (χ3v) is 4.93. The largest absolute Gasteiger partial charge is 0.354 e. The molecule has 1 heterocycles. The summed E-state index contributed by atoms with van der Waals surface area (Å²) >= 11 is 0. The lowest BCUT2D eigenvalue weighted by Gasteiger charge is -2.26. The summed E-state index contributed by atoms with van der Waals surface area (Å²) in [6.45, 7) is 1.70. The van der Waals surface area contributed by atoms with E-state index in [9.17, 15) is 4.79 Å². The monoisotopic (exact) mass is 286 g/mol. The molecule has 3 nitrogen and oxygen atoms in total. The van der Waals surface area contributed by atoms with Gasteiger partial charge in [-0.05, 0) is 36.3 Å². The minimum Gasteiger partial charge on any atom is -0.354 e. The second-order valence-electron chi connectivity index (χ2n) is 6.42. The Kier molecular flexibility index (Phi) is 4.91. The van der Waals surface area contributed by atoms with E-state index >= 15 is 0 Å². The highest BCUT2D eigenvalue weighted by atomic mass is 16.2. The Hall–Kier alpha value is -1.35. The molecule has 2 N–H and O–H groups in total. The van der Waals surface area contributed by atoms with Crippen molar-refractivity contribution in [2.45, 2.75) is 51.0 Å². The summed E-state index contributed by atoms with van der Waals surface area (Å²) in [5, 5.41) is 6.46. The zero-order chi connectivity index (χ0) is 14.5. The van der Waals surface area contributed by atoms with E-state index < -0.39 is 0 Å². The van der Waals surface area contributed by atoms with Crippen molar-refractivity contribution in [2.24, 2.45) is 5.92 Å². The second-order valence-corrected chi connectivity index (χ2v) is 6.42. The van der Waals surface area contributed by atoms with Crippen LogP contribution in [0.4, 0.5) is 0 Å². The molecule has 0 radical (unpaired) electrons. The van der Waals surface area contributed by atoms with E-state index in [0.29, 0.717) is 0 Å². The molecule has 1 aromatic rings. The number of hydrogen-bond acceptors (Lipinski definition) is 2. The number of nitrogens with one attached hydrogen (secondary N) is 2. The molecule has 0 saturated heterocycles. The number of benzene rings is 1. The molecule has 1 aliphatic carbocycles. The lowest BCUT2D eigenvalue weighted by molar-refractivity contribution is -0.123. The molecular weight excluding hydrogens is 260 g/mol. The quantitative estimate of drug-likeness (QED) is 0.817. The van der Waals surface area contributed by atoms with Gasteiger partial charge in [-0.3, -0.25) is 4.79 Å². The first kappa shape index (κ1) is 14.6. The van der Waals surface area contributed by atoms with Gasteiger partial charge in [0.2, 0.25) is 5.91 Å². The standard InChI is InChI=1S/C18H26N2O/c21-18(20-12-5-8-14-6-1-2-7-14)17-16-10-4-3-9-15(16)11-13-19-17/h3-4,9-10,14,17,19H,1-2,5-8,11-13H2,(H,20,21). The fraction of sp³-hybridized carbons (Fsp3) is 0.611. The topological polar surface area (TPSA) is 41.1 Å². The van der Waals surface area contributed by atoms with Crippen LogP contribution in [0.5, 0.6) is 0 Å². The van der Waals surface area contributed by atoms with Crippen LogP contribution in [0.25, 0.3) is 0 Å². The van der Waals surface area contributed by atoms with E-state index in [1.54, 1.807) is 0 Å². The van der Waals surface area contributed by atoms with Crippen LogP contribution < -0.4 is 10.6 Å². The molecule has 1 amide bonds. The number of carbonyl (C=O) groups is 1. The van der Waals surface area contributed by atoms with Crippen molar-refractivity contribution in [2.75, 3.05) is 13.1 Å². The van der Waals surface area contributed by atoms with Crippen LogP contribution in [-0.4, -0.2) is 19.0 Å². The summed E-state index contributed by atoms with van der Waals surface area (Å²) < 4.78 is 0. The van der Waals surface area contributed by atoms with Gasteiger partial charge in [-0.1, -0.05) is 49.9 Å². The zero-order valence-corrected chi connectivity index (χ0v) is 12.7. The van der Waals surface area contributed by atoms with Gasteiger partial charge >= 0.3 is 0 Å². The molecule has 1 saturated carbocycles. The molecule has 2 aliphatic rings. The van der Waals surface area contributed by atoms with Crippen molar-refractivity contribution < 1.29 is 4.79 Å². The third kappa shape index (κ3) is 3.65. The van der Waals surface area contributed by atoms with Gasteiger partial charge in [0.15, 0.2) is 0 Å². The Morgan fingerprint density at radius 2 is 2.05 bits per heavy atom. The average molecular weight is 286 g/mol. The fourth-order valence-electron chi connectivity index (χ4n) is 3.74. The van der Waals surface area contributed by atoms with Gasteiger partial charge in [0.1, 0.15) is 6.04 Å². The first-order chi connectivity index (χ1) is 10.3. The maximum atomic E-state index is 12.4. The molecule has 1 atom stereocenters. The highest BCUT2D eigenvalue weighted by Crippen LogP contribution is 2.28. The smallest absolute Gasteiger partial charge is 0.241 e. The van der Waals surface area contributed by atoms with Crippen molar-refractivity contribution in [3.8, 4) is 0 Å². The molecule has 1 aliphatic heterocycles. The maximum absolute atomic E-state index is 12.4. The van der Waals surface area contributed by atoms with Gasteiger partial charge in [-0.25, -0.2) is 0 Å². The predicted molar refractivity (Wildman–Crippen MR) is 85.1 cm³/mol. The Balaban J connectivity index is 1.47. The summed E-state index contributed by atoms with van der Waals surface area (Å²) in [6, 6.07) is 8.12. The molecule has 21 heavy (non-hydrogen) atoms. The first-order valence-electron chi connectivity index (χ1n) is 8.43. The first-order valence-corrected chi connectivity index (χ1v) is 8.43. The van der Waals surface area contributed by atoms with E-state index in [1.165, 1.54) is 37.7 Å². The average Bonchev–Trinajstić information content (AvgIpc) is 3.04. The molecule has 0 bridgehead atoms. The van der Waals surface area contributed by atoms with E-state index in [0.717, 1.165) is 37.4 Å². The van der Waals surface area contributed by atoms with Crippen molar-refractivity contribution in [3.05, 3.63) is 35.4 Å². The van der Waals surface area contributed by atoms with Crippen molar-refractivity contribution in [1.82, 2.24) is 10.6 Å². The molecule has 0 aromatic heterocycles. The lowest BCUT2D eigenvalue weighted by Crippen LogP contribution is -2.41. The van der Waals surface area contributed by atoms with Gasteiger partial charge in [-0.15, -0.1) is 0 Å². The number of carbonyl (C=O) groups excluding carboxylic acids is 1. The molecular formula is C18H26N2O. The Morgan fingerprint density at radius 1 is 1.24 bits per heavy atom. The van der Waals surface area contributed by atoms with E-state index in [1.807, 2.05) is 6.07 Å². The number of hydrogen-bond donors (Lipinski definition) is 2. The van der Waals surface area contributed by atoms with E-state index in [-0.39, 0.29) is 11.9 Å². The summed E-state index contributed by atoms with van der Waals surface area (Å²) in [7, 11) is 0. The molecule has 114 valence electrons. The Labute approximate surface area is 127 Å². The van der Waals surface area contributed by atoms with Crippen LogP contribution >= 0.6 is 0 Å². The summed E-state index contributed by atoms with van der Waals surface area (Å²) in [5.41, 5.74) is 2.46. The van der Waals surface area contributed by atoms with Gasteiger partial charge in [0.25, 0.3) is 0 Å². The van der Waals surface area contributed by atoms with Gasteiger partial charge in [0, 0.05) is 13.1 Å². The highest BCUT2D eigenvalue weighted by molar-refractivity contribution is 5.83. The van der Waals surface area contributed by atoms with Gasteiger partial charge in [0.05, 0.1) is 0 Å². The summed E-state index contributed by atoms with van der Waals surface area (Å²) in [6.07, 6.45) is 9.00. The second kappa shape index (κ2) is 7.08. The van der Waals surface area contributed by atoms with Crippen LogP contribution in [0.3, 0.4) is 0 Å². The third-order valence-electron chi connectivity index (χ3n) is 4.93. The maximum Gasteiger partial charge on any atom is 0.241 e. The molecule has 1 unspecified atom stereocenters. The minimum atomic E-state index is -0.165. The van der Waals surface area contributed by atoms with Crippen molar-refractivity contribution >= 4 is 5.91 Å². The van der Waals surface area contributed by atoms with Gasteiger partial charge < -0.3 is 10.6 Å². The van der Waals surface area contributed by atoms with E-state index in [2.05, 4.69) is 28.8 Å². The van der Waals surface area contributed by atoms with E-state index in [4.69, 9.17) is 0 Å². The molecule has 0 spiro atoms. The number of rotatable bonds is 5. The van der Waals surface area contributed by atoms with Crippen LogP contribution in [0.1, 0.15) is 55.7 Å². The van der Waals surface area contributed by atoms with Crippen LogP contribution in [0.15, 0.2) is 24.3 Å². The summed E-state index contributed by atoms with van der Waals surface area (Å²) in [5.74, 6) is 1.05. The van der Waals surface area contributed by atoms with Gasteiger partial charge in [-0.2, -0.15) is 0 Å². The fourth-order valence-corrected chi connectivity index (χ4v) is 3.74. The lowest BCUT2D eigenvalue weighted by atomic mass is 9.94. The molecule has 3 heteroatoms. The van der Waals surface area contributed by atoms with Crippen LogP contribution in [0.2, 0.25) is 0 Å². The van der Waals surface area contributed by atoms with Crippen molar-refractivity contribution in [1.29, 1.82) is 0 Å². The SMILES string of the molecule is O=C(NCCCC1CCCC1)C1NCCc2ccccc21. The number of fused-ring (bicyclic) bond motifs is 1. The Bertz CT molecular complexity index is 480. The minimum absolute atomic E-state index is 0.133. The summed E-state index contributed by atoms with van der Waals surface area (Å²) in [4.78, 5) is 12.4. The molecule has 3 rings (SSSR count). The normalized spacial score (nSPS) is 22.0. The van der Waals surface area contributed by atoms with Crippen LogP contribution in [-0.2, 0) is 11.2 Å². The van der Waals surface area contributed by atoms with Crippen LogP contribution in [0, 0.1) is 5.92 Å². The molecule has 1 fully saturated rings. The highest BCUT2D eigenvalue weighted by Gasteiger charge is 2.25. The predicted octanol–water partition coefficient (Wildman–Crippen LogP) is 2.96. The number of amides is 1.